The van der Waals surface area contributed by atoms with Gasteiger partial charge in [0.15, 0.2) is 0 Å². The highest BCUT2D eigenvalue weighted by Crippen LogP contribution is 2.17. The molecule has 1 fully saturated rings. The molecule has 1 aromatic carbocycles. The van der Waals surface area contributed by atoms with Crippen LogP contribution < -0.4 is 0 Å². The molecule has 114 valence electrons. The highest BCUT2D eigenvalue weighted by Gasteiger charge is 2.30. The average Bonchev–Trinajstić information content (AvgIpc) is 2.46. The first-order chi connectivity index (χ1) is 9.90. The number of carbonyl (C=O) groups excluding carboxylic acids is 2. The molecule has 5 heteroatoms. The van der Waals surface area contributed by atoms with Crippen molar-refractivity contribution in [2.45, 2.75) is 26.8 Å². The van der Waals surface area contributed by atoms with Gasteiger partial charge < -0.3 is 9.80 Å². The minimum Gasteiger partial charge on any atom is -0.339 e. The SMILES string of the molecule is CC(C)C(=O)N1CCN(C(=O)c2ccc(Cl)cc2)C(C)C1. The van der Waals surface area contributed by atoms with Crippen molar-refractivity contribution in [3.63, 3.8) is 0 Å². The Hall–Kier alpha value is -1.55. The first-order valence-electron chi connectivity index (χ1n) is 7.25. The summed E-state index contributed by atoms with van der Waals surface area (Å²) in [6, 6.07) is 6.94. The summed E-state index contributed by atoms with van der Waals surface area (Å²) in [6.45, 7) is 7.54. The van der Waals surface area contributed by atoms with Gasteiger partial charge in [-0.1, -0.05) is 25.4 Å². The Morgan fingerprint density at radius 2 is 1.81 bits per heavy atom. The lowest BCUT2D eigenvalue weighted by Gasteiger charge is -2.40. The van der Waals surface area contributed by atoms with E-state index in [9.17, 15) is 9.59 Å². The molecule has 2 amide bonds. The molecule has 1 aliphatic heterocycles. The van der Waals surface area contributed by atoms with Crippen LogP contribution in [0.2, 0.25) is 5.02 Å². The minimum atomic E-state index is -0.00397. The average molecular weight is 309 g/mol. The molecule has 0 radical (unpaired) electrons. The number of halogens is 1. The molecule has 0 N–H and O–H groups in total. The fourth-order valence-corrected chi connectivity index (χ4v) is 2.71. The second kappa shape index (κ2) is 6.48. The van der Waals surface area contributed by atoms with Crippen molar-refractivity contribution in [2.75, 3.05) is 19.6 Å². The van der Waals surface area contributed by atoms with E-state index in [1.54, 1.807) is 24.3 Å². The Morgan fingerprint density at radius 1 is 1.19 bits per heavy atom. The lowest BCUT2D eigenvalue weighted by atomic mass is 10.1. The summed E-state index contributed by atoms with van der Waals surface area (Å²) in [7, 11) is 0. The molecule has 0 spiro atoms. The van der Waals surface area contributed by atoms with Crippen LogP contribution in [-0.4, -0.2) is 47.3 Å². The fraction of sp³-hybridized carbons (Fsp3) is 0.500. The van der Waals surface area contributed by atoms with Gasteiger partial charge >= 0.3 is 0 Å². The van der Waals surface area contributed by atoms with Gasteiger partial charge in [0.2, 0.25) is 5.91 Å². The van der Waals surface area contributed by atoms with Crippen LogP contribution in [0, 0.1) is 5.92 Å². The second-order valence-corrected chi connectivity index (χ2v) is 6.23. The van der Waals surface area contributed by atoms with Crippen molar-refractivity contribution < 1.29 is 9.59 Å². The van der Waals surface area contributed by atoms with Crippen LogP contribution in [0.4, 0.5) is 0 Å². The maximum Gasteiger partial charge on any atom is 0.254 e. The monoisotopic (exact) mass is 308 g/mol. The maximum atomic E-state index is 12.5. The van der Waals surface area contributed by atoms with Crippen LogP contribution in [0.5, 0.6) is 0 Å². The highest BCUT2D eigenvalue weighted by molar-refractivity contribution is 6.30. The van der Waals surface area contributed by atoms with Gasteiger partial charge in [-0.05, 0) is 31.2 Å². The number of benzene rings is 1. The molecule has 1 aliphatic rings. The fourth-order valence-electron chi connectivity index (χ4n) is 2.58. The molecule has 2 rings (SSSR count). The zero-order valence-electron chi connectivity index (χ0n) is 12.7. The molecule has 0 aliphatic carbocycles. The number of hydrogen-bond acceptors (Lipinski definition) is 2. The Bertz CT molecular complexity index is 528. The van der Waals surface area contributed by atoms with Crippen molar-refractivity contribution >= 4 is 23.4 Å². The van der Waals surface area contributed by atoms with Crippen molar-refractivity contribution in [3.8, 4) is 0 Å². The van der Waals surface area contributed by atoms with Crippen LogP contribution in [0.25, 0.3) is 0 Å². The van der Waals surface area contributed by atoms with E-state index >= 15 is 0 Å². The van der Waals surface area contributed by atoms with Gasteiger partial charge in [-0.25, -0.2) is 0 Å². The van der Waals surface area contributed by atoms with Gasteiger partial charge in [-0.15, -0.1) is 0 Å². The first-order valence-corrected chi connectivity index (χ1v) is 7.63. The summed E-state index contributed by atoms with van der Waals surface area (Å²) < 4.78 is 0. The largest absolute Gasteiger partial charge is 0.339 e. The molecule has 1 heterocycles. The highest BCUT2D eigenvalue weighted by atomic mass is 35.5. The van der Waals surface area contributed by atoms with Crippen LogP contribution in [0.1, 0.15) is 31.1 Å². The van der Waals surface area contributed by atoms with E-state index in [2.05, 4.69) is 0 Å². The smallest absolute Gasteiger partial charge is 0.254 e. The first kappa shape index (κ1) is 15.8. The maximum absolute atomic E-state index is 12.5. The Morgan fingerprint density at radius 3 is 2.33 bits per heavy atom. The number of hydrogen-bond donors (Lipinski definition) is 0. The predicted molar refractivity (Wildman–Crippen MR) is 83.4 cm³/mol. The molecule has 1 unspecified atom stereocenters. The Kier molecular flexibility index (Phi) is 4.88. The van der Waals surface area contributed by atoms with Crippen molar-refractivity contribution in [1.82, 2.24) is 9.80 Å². The third kappa shape index (κ3) is 3.56. The van der Waals surface area contributed by atoms with E-state index in [0.717, 1.165) is 0 Å². The standard InChI is InChI=1S/C16H21ClN2O2/c1-11(2)15(20)18-8-9-19(12(3)10-18)16(21)13-4-6-14(17)7-5-13/h4-7,11-12H,8-10H2,1-3H3. The zero-order chi connectivity index (χ0) is 15.6. The van der Waals surface area contributed by atoms with Crippen molar-refractivity contribution in [2.24, 2.45) is 5.92 Å². The summed E-state index contributed by atoms with van der Waals surface area (Å²) in [5, 5.41) is 0.618. The molecule has 21 heavy (non-hydrogen) atoms. The second-order valence-electron chi connectivity index (χ2n) is 5.79. The minimum absolute atomic E-state index is 0.00388. The topological polar surface area (TPSA) is 40.6 Å². The van der Waals surface area contributed by atoms with E-state index in [4.69, 9.17) is 11.6 Å². The third-order valence-electron chi connectivity index (χ3n) is 3.79. The van der Waals surface area contributed by atoms with E-state index in [0.29, 0.717) is 30.2 Å². The number of amides is 2. The third-order valence-corrected chi connectivity index (χ3v) is 4.04. The quantitative estimate of drug-likeness (QED) is 0.843. The summed E-state index contributed by atoms with van der Waals surface area (Å²) in [6.07, 6.45) is 0. The van der Waals surface area contributed by atoms with E-state index in [1.807, 2.05) is 30.6 Å². The van der Waals surface area contributed by atoms with Crippen LogP contribution in [-0.2, 0) is 4.79 Å². The van der Waals surface area contributed by atoms with Crippen LogP contribution in [0.3, 0.4) is 0 Å². The normalized spacial score (nSPS) is 19.0. The predicted octanol–water partition coefficient (Wildman–Crippen LogP) is 2.67. The van der Waals surface area contributed by atoms with Gasteiger partial charge in [0.05, 0.1) is 0 Å². The number of carbonyl (C=O) groups is 2. The van der Waals surface area contributed by atoms with Crippen molar-refractivity contribution in [3.05, 3.63) is 34.9 Å². The van der Waals surface area contributed by atoms with E-state index in [-0.39, 0.29) is 23.8 Å². The van der Waals surface area contributed by atoms with Crippen LogP contribution in [0.15, 0.2) is 24.3 Å². The van der Waals surface area contributed by atoms with Crippen LogP contribution >= 0.6 is 11.6 Å². The number of nitrogens with zero attached hydrogens (tertiary/aromatic N) is 2. The number of piperazine rings is 1. The zero-order valence-corrected chi connectivity index (χ0v) is 13.4. The van der Waals surface area contributed by atoms with Gasteiger partial charge in [0.25, 0.3) is 5.91 Å². The van der Waals surface area contributed by atoms with Gasteiger partial charge in [0.1, 0.15) is 0 Å². The summed E-state index contributed by atoms with van der Waals surface area (Å²) in [5.41, 5.74) is 0.634. The molecule has 1 saturated heterocycles. The van der Waals surface area contributed by atoms with Gasteiger partial charge in [0, 0.05) is 42.2 Å². The molecular formula is C16H21ClN2O2. The van der Waals surface area contributed by atoms with Gasteiger partial charge in [-0.3, -0.25) is 9.59 Å². The number of rotatable bonds is 2. The Labute approximate surface area is 130 Å². The summed E-state index contributed by atoms with van der Waals surface area (Å²) >= 11 is 5.85. The van der Waals surface area contributed by atoms with Gasteiger partial charge in [-0.2, -0.15) is 0 Å². The molecule has 1 aromatic rings. The van der Waals surface area contributed by atoms with E-state index in [1.165, 1.54) is 0 Å². The molecule has 0 aromatic heterocycles. The summed E-state index contributed by atoms with van der Waals surface area (Å²) in [4.78, 5) is 28.2. The molecule has 1 atom stereocenters. The molecular weight excluding hydrogens is 288 g/mol. The summed E-state index contributed by atoms with van der Waals surface area (Å²) in [5.74, 6) is 0.145. The van der Waals surface area contributed by atoms with E-state index < -0.39 is 0 Å². The molecule has 0 bridgehead atoms. The lowest BCUT2D eigenvalue weighted by molar-refractivity contribution is -0.136. The lowest BCUT2D eigenvalue weighted by Crippen LogP contribution is -2.56. The molecule has 0 saturated carbocycles. The molecule has 4 nitrogen and oxygen atoms in total. The Balaban J connectivity index is 2.05. The van der Waals surface area contributed by atoms with Crippen molar-refractivity contribution in [1.29, 1.82) is 0 Å².